The molecule has 0 aliphatic carbocycles. The molecule has 0 aliphatic heterocycles. The number of fused-ring (bicyclic) bond motifs is 2. The summed E-state index contributed by atoms with van der Waals surface area (Å²) in [5, 5.41) is 5.45. The minimum atomic E-state index is 0. The topological polar surface area (TPSA) is 0 Å². The van der Waals surface area contributed by atoms with Crippen molar-refractivity contribution in [2.45, 2.75) is 98.6 Å². The molecule has 0 saturated heterocycles. The molecule has 0 aliphatic rings. The fraction of sp³-hybridized carbons (Fsp3) is 0.333. The molecule has 6 rings (SSSR count). The second kappa shape index (κ2) is 20.6. The van der Waals surface area contributed by atoms with E-state index in [0.29, 0.717) is 17.8 Å². The van der Waals surface area contributed by atoms with Gasteiger partial charge in [-0.25, -0.2) is 0 Å². The molecular weight excluding hydrogens is 731 g/mol. The maximum Gasteiger partial charge on any atom is -1.00 e. The van der Waals surface area contributed by atoms with Crippen LogP contribution in [0.3, 0.4) is 0 Å². The smallest absolute Gasteiger partial charge is 1.00 e. The van der Waals surface area contributed by atoms with Gasteiger partial charge in [-0.15, -0.1) is 69.1 Å². The summed E-state index contributed by atoms with van der Waals surface area (Å²) in [6, 6.07) is 40.8. The Bertz CT molecular complexity index is 1870. The summed E-state index contributed by atoms with van der Waals surface area (Å²) in [7, 11) is 0. The maximum absolute atomic E-state index is 2.39. The Balaban J connectivity index is 0.000000298. The van der Waals surface area contributed by atoms with Crippen molar-refractivity contribution in [3.63, 3.8) is 0 Å². The molecule has 6 aromatic carbocycles. The molecule has 49 heavy (non-hydrogen) atoms. The quantitative estimate of drug-likeness (QED) is 0.108. The summed E-state index contributed by atoms with van der Waals surface area (Å²) in [6.07, 6.45) is 3.57. The molecule has 0 spiro atoms. The number of benzene rings is 4. The summed E-state index contributed by atoms with van der Waals surface area (Å²) < 4.78 is 0. The van der Waals surface area contributed by atoms with Crippen LogP contribution in [0.1, 0.15) is 101 Å². The van der Waals surface area contributed by atoms with Crippen molar-refractivity contribution in [2.75, 3.05) is 0 Å². The molecule has 0 heterocycles. The minimum absolute atomic E-state index is 0. The molecule has 0 amide bonds. The Hall–Kier alpha value is -2.22. The van der Waals surface area contributed by atoms with Crippen molar-refractivity contribution in [1.29, 1.82) is 0 Å². The monoisotopic (exact) mass is 782 g/mol. The third-order valence-corrected chi connectivity index (χ3v) is 9.66. The zero-order chi connectivity index (χ0) is 34.1. The Kier molecular flexibility index (Phi) is 18.0. The van der Waals surface area contributed by atoms with Gasteiger partial charge in [-0.2, -0.15) is 12.1 Å². The van der Waals surface area contributed by atoms with Crippen LogP contribution in [0, 0.1) is 6.92 Å². The summed E-state index contributed by atoms with van der Waals surface area (Å²) >= 11 is 1.74. The second-order valence-corrected chi connectivity index (χ2v) is 23.0. The molecular formula is C45H54Cl2SiZr-2. The molecule has 3 atom stereocenters. The molecule has 0 radical (unpaired) electrons. The van der Waals surface area contributed by atoms with E-state index in [2.05, 4.69) is 171 Å². The Morgan fingerprint density at radius 2 is 0.959 bits per heavy atom. The van der Waals surface area contributed by atoms with Gasteiger partial charge in [-0.05, 0) is 52.8 Å². The van der Waals surface area contributed by atoms with Crippen LogP contribution < -0.4 is 24.8 Å². The molecule has 0 saturated carbocycles. The molecule has 0 nitrogen and oxygen atoms in total. The van der Waals surface area contributed by atoms with Gasteiger partial charge in [-0.1, -0.05) is 127 Å². The van der Waals surface area contributed by atoms with Crippen LogP contribution in [0.4, 0.5) is 0 Å². The zero-order valence-corrected chi connectivity index (χ0v) is 36.0. The van der Waals surface area contributed by atoms with Crippen LogP contribution in [-0.4, -0.2) is 5.43 Å². The molecule has 0 bridgehead atoms. The molecule has 0 fully saturated rings. The normalized spacial score (nSPS) is 12.4. The van der Waals surface area contributed by atoms with Gasteiger partial charge in [0.15, 0.2) is 0 Å². The third-order valence-electron chi connectivity index (χ3n) is 9.66. The van der Waals surface area contributed by atoms with E-state index in [1.54, 1.807) is 23.3 Å². The van der Waals surface area contributed by atoms with Crippen LogP contribution in [0.2, 0.25) is 13.1 Å². The van der Waals surface area contributed by atoms with Crippen molar-refractivity contribution in [1.82, 2.24) is 0 Å². The van der Waals surface area contributed by atoms with Crippen molar-refractivity contribution < 1.29 is 48.1 Å². The van der Waals surface area contributed by atoms with E-state index < -0.39 is 0 Å². The first-order chi connectivity index (χ1) is 22.6. The van der Waals surface area contributed by atoms with E-state index in [1.165, 1.54) is 85.3 Å². The average Bonchev–Trinajstić information content (AvgIpc) is 3.70. The van der Waals surface area contributed by atoms with E-state index in [9.17, 15) is 0 Å². The van der Waals surface area contributed by atoms with Crippen LogP contribution in [0.25, 0.3) is 43.8 Å². The first-order valence-corrected chi connectivity index (χ1v) is 23.8. The van der Waals surface area contributed by atoms with Crippen LogP contribution in [-0.2, 0) is 23.3 Å². The largest absolute Gasteiger partial charge is 1.00 e. The number of aryl methyl sites for hydroxylation is 1. The summed E-state index contributed by atoms with van der Waals surface area (Å²) in [6.45, 7) is 20.4. The number of hydrogen-bond acceptors (Lipinski definition) is 0. The molecule has 0 N–H and O–H groups in total. The number of rotatable bonds is 8. The molecule has 258 valence electrons. The van der Waals surface area contributed by atoms with E-state index in [-0.39, 0.29) is 30.2 Å². The van der Waals surface area contributed by atoms with E-state index in [4.69, 9.17) is 0 Å². The Labute approximate surface area is 325 Å². The SMILES string of the molecule is CCC(C)c1ccc(-c2cccc3[cH-]c(C(C)CC)cc23)cc1.CCC(C)c1ccc(-c2cccc3[cH-]c(C)cc23)cc1.C[Si](C)=[Zr+2].[Cl-].[Cl-]. The molecule has 6 aromatic rings. The van der Waals surface area contributed by atoms with E-state index >= 15 is 0 Å². The van der Waals surface area contributed by atoms with Crippen molar-refractivity contribution in [3.8, 4) is 22.3 Å². The van der Waals surface area contributed by atoms with Crippen LogP contribution in [0.15, 0.2) is 109 Å². The maximum atomic E-state index is 2.39. The molecule has 0 aromatic heterocycles. The molecule has 4 heteroatoms. The number of halogens is 2. The van der Waals surface area contributed by atoms with Crippen LogP contribution >= 0.6 is 0 Å². The van der Waals surface area contributed by atoms with Gasteiger partial charge in [0, 0.05) is 0 Å². The van der Waals surface area contributed by atoms with Gasteiger partial charge in [-0.3, -0.25) is 0 Å². The second-order valence-electron chi connectivity index (χ2n) is 13.6. The predicted octanol–water partition coefficient (Wildman–Crippen LogP) is 8.09. The zero-order valence-electron chi connectivity index (χ0n) is 31.0. The van der Waals surface area contributed by atoms with E-state index in [1.807, 2.05) is 0 Å². The third kappa shape index (κ3) is 11.4. The van der Waals surface area contributed by atoms with Gasteiger partial charge < -0.3 is 24.8 Å². The summed E-state index contributed by atoms with van der Waals surface area (Å²) in [4.78, 5) is 0. The summed E-state index contributed by atoms with van der Waals surface area (Å²) in [5.74, 6) is 1.90. The molecule has 3 unspecified atom stereocenters. The van der Waals surface area contributed by atoms with Gasteiger partial charge in [0.2, 0.25) is 0 Å². The Morgan fingerprint density at radius 3 is 1.37 bits per heavy atom. The Morgan fingerprint density at radius 1 is 0.571 bits per heavy atom. The minimum Gasteiger partial charge on any atom is -1.00 e. The first kappa shape index (κ1) is 42.9. The van der Waals surface area contributed by atoms with Gasteiger partial charge in [0.25, 0.3) is 0 Å². The standard InChI is InChI=1S/C23H27.C20H21.C2H6Si.2ClH.Zr/c1-5-16(3)18-10-12-19(13-11-18)22-9-7-8-20-14-21(15-23(20)22)17(4)6-2;1-4-15(3)16-8-10-17(11-9-16)19-7-5-6-18-12-14(2)13-20(18)19;1-3-2;;;/h7-17H,5-6H2,1-4H3;5-13,15H,4H2,1-3H3;1-2H3;2*1H;/q2*-1;;;;+2/p-2. The number of hydrogen-bond donors (Lipinski definition) is 0. The van der Waals surface area contributed by atoms with Crippen LogP contribution in [0.5, 0.6) is 0 Å². The van der Waals surface area contributed by atoms with Crippen molar-refractivity contribution in [3.05, 3.63) is 131 Å². The first-order valence-electron chi connectivity index (χ1n) is 17.6. The van der Waals surface area contributed by atoms with Crippen molar-refractivity contribution in [2.24, 2.45) is 0 Å². The predicted molar refractivity (Wildman–Crippen MR) is 208 cm³/mol. The van der Waals surface area contributed by atoms with Gasteiger partial charge >= 0.3 is 41.9 Å². The fourth-order valence-corrected chi connectivity index (χ4v) is 6.12. The fourth-order valence-electron chi connectivity index (χ4n) is 6.12. The average molecular weight is 785 g/mol. The summed E-state index contributed by atoms with van der Waals surface area (Å²) in [5.41, 5.74) is 11.2. The van der Waals surface area contributed by atoms with Crippen molar-refractivity contribution >= 4 is 27.0 Å². The van der Waals surface area contributed by atoms with E-state index in [0.717, 1.165) is 0 Å². The van der Waals surface area contributed by atoms with Gasteiger partial charge in [0.05, 0.1) is 0 Å². The van der Waals surface area contributed by atoms with Gasteiger partial charge in [0.1, 0.15) is 0 Å².